The average molecular weight is 643 g/mol. The second kappa shape index (κ2) is 18.2. The van der Waals surface area contributed by atoms with E-state index in [4.69, 9.17) is 0 Å². The molecule has 0 radical (unpaired) electrons. The van der Waals surface area contributed by atoms with E-state index in [-0.39, 0.29) is 49.5 Å². The van der Waals surface area contributed by atoms with Crippen LogP contribution in [0.1, 0.15) is 75.0 Å². The molecule has 4 aromatic rings. The van der Waals surface area contributed by atoms with Gasteiger partial charge in [0.05, 0.1) is 11.2 Å². The van der Waals surface area contributed by atoms with Gasteiger partial charge in [-0.2, -0.15) is 0 Å². The number of rotatable bonds is 9. The molecule has 0 saturated carbocycles. The van der Waals surface area contributed by atoms with Crippen LogP contribution < -0.4 is 18.9 Å². The van der Waals surface area contributed by atoms with Gasteiger partial charge in [0, 0.05) is 44.4 Å². The molecular weight excluding hydrogens is 590 g/mol. The van der Waals surface area contributed by atoms with Gasteiger partial charge in [0.1, 0.15) is 0 Å². The van der Waals surface area contributed by atoms with Crippen molar-refractivity contribution in [3.8, 4) is 0 Å². The first-order chi connectivity index (χ1) is 21.7. The number of hydrogen-bond acceptors (Lipinski definition) is 4. The monoisotopic (exact) mass is 642 g/mol. The van der Waals surface area contributed by atoms with E-state index in [1.165, 1.54) is 11.1 Å². The zero-order valence-corrected chi connectivity index (χ0v) is 27.8. The Balaban J connectivity index is 0.000000314. The van der Waals surface area contributed by atoms with Crippen LogP contribution in [0.4, 0.5) is 0 Å². The smallest absolute Gasteiger partial charge is 1.00 e. The standard InChI is InChI=1S/C20H23NO2.C20H25NO.Al.Li.4H/c1-20(23)12-13-21(15-20)19(22)14-18(16-8-4-2-5-9-16)17-10-6-3-7-11-17;1-20(22)13-15-21(16-20)14-12-19(17-8-4-2-5-9-17)18-10-6-3-7-11-18;;;;;;/h2-11,18,23H,12-15H2,1H3;2-11,19,22H,12-16H2,1H3;;;;;;/q;;;+1;;;;-1. The fourth-order valence-corrected chi connectivity index (χ4v) is 6.70. The van der Waals surface area contributed by atoms with Crippen LogP contribution in [0.3, 0.4) is 0 Å². The molecule has 5 nitrogen and oxygen atoms in total. The van der Waals surface area contributed by atoms with Crippen LogP contribution in [-0.4, -0.2) is 87.2 Å². The molecule has 2 N–H and O–H groups in total. The summed E-state index contributed by atoms with van der Waals surface area (Å²) in [5, 5.41) is 20.2. The van der Waals surface area contributed by atoms with Crippen molar-refractivity contribution in [2.24, 2.45) is 0 Å². The summed E-state index contributed by atoms with van der Waals surface area (Å²) in [7, 11) is 0. The molecule has 2 unspecified atom stereocenters. The minimum atomic E-state index is -0.745. The molecule has 2 fully saturated rings. The Labute approximate surface area is 305 Å². The van der Waals surface area contributed by atoms with Gasteiger partial charge >= 0.3 is 18.9 Å². The number of nitrogens with zero attached hydrogens (tertiary/aromatic N) is 2. The van der Waals surface area contributed by atoms with Crippen LogP contribution in [0.5, 0.6) is 0 Å². The fourth-order valence-electron chi connectivity index (χ4n) is 6.70. The minimum Gasteiger partial charge on any atom is -1.00 e. The van der Waals surface area contributed by atoms with Crippen molar-refractivity contribution in [3.63, 3.8) is 0 Å². The summed E-state index contributed by atoms with van der Waals surface area (Å²) in [6, 6.07) is 41.8. The van der Waals surface area contributed by atoms with E-state index in [1.807, 2.05) is 43.3 Å². The number of carbonyl (C=O) groups excluding carboxylic acids is 1. The van der Waals surface area contributed by atoms with E-state index in [1.54, 1.807) is 11.8 Å². The maximum Gasteiger partial charge on any atom is 1.00 e. The second-order valence-electron chi connectivity index (χ2n) is 13.3. The van der Waals surface area contributed by atoms with E-state index in [9.17, 15) is 15.0 Å². The first kappa shape index (κ1) is 38.8. The van der Waals surface area contributed by atoms with Crippen LogP contribution in [0, 0.1) is 0 Å². The summed E-state index contributed by atoms with van der Waals surface area (Å²) < 4.78 is 0. The predicted octanol–water partition coefficient (Wildman–Crippen LogP) is 2.79. The van der Waals surface area contributed by atoms with E-state index in [0.29, 0.717) is 31.8 Å². The van der Waals surface area contributed by atoms with Gasteiger partial charge in [-0.1, -0.05) is 121 Å². The van der Waals surface area contributed by atoms with Gasteiger partial charge in [0.15, 0.2) is 17.4 Å². The van der Waals surface area contributed by atoms with Crippen LogP contribution in [0.15, 0.2) is 121 Å². The van der Waals surface area contributed by atoms with Gasteiger partial charge in [0.2, 0.25) is 5.91 Å². The van der Waals surface area contributed by atoms with Gasteiger partial charge in [0.25, 0.3) is 0 Å². The van der Waals surface area contributed by atoms with Crippen molar-refractivity contribution in [2.75, 3.05) is 32.7 Å². The molecule has 2 saturated heterocycles. The van der Waals surface area contributed by atoms with Crippen molar-refractivity contribution in [3.05, 3.63) is 144 Å². The molecule has 2 atom stereocenters. The van der Waals surface area contributed by atoms with Crippen LogP contribution in [-0.2, 0) is 4.79 Å². The van der Waals surface area contributed by atoms with Gasteiger partial charge in [-0.25, -0.2) is 0 Å². The maximum absolute atomic E-state index is 12.7. The predicted molar refractivity (Wildman–Crippen MR) is 193 cm³/mol. The fraction of sp³-hybridized carbons (Fsp3) is 0.375. The summed E-state index contributed by atoms with van der Waals surface area (Å²) in [5.74, 6) is 0.587. The van der Waals surface area contributed by atoms with Crippen LogP contribution in [0.2, 0.25) is 0 Å². The molecule has 0 bridgehead atoms. The molecule has 0 aliphatic carbocycles. The molecule has 0 aromatic heterocycles. The molecule has 6 rings (SSSR count). The van der Waals surface area contributed by atoms with E-state index >= 15 is 0 Å². The normalized spacial score (nSPS) is 20.7. The average Bonchev–Trinajstić information content (AvgIpc) is 3.62. The third-order valence-corrected chi connectivity index (χ3v) is 9.26. The van der Waals surface area contributed by atoms with Gasteiger partial charge in [-0.05, 0) is 61.9 Å². The Morgan fingerprint density at radius 3 is 1.40 bits per heavy atom. The maximum atomic E-state index is 12.7. The van der Waals surface area contributed by atoms with E-state index in [2.05, 4.69) is 89.8 Å². The van der Waals surface area contributed by atoms with Gasteiger partial charge < -0.3 is 21.4 Å². The van der Waals surface area contributed by atoms with Gasteiger partial charge in [-0.15, -0.1) is 0 Å². The number of likely N-dealkylation sites (tertiary alicyclic amines) is 2. The van der Waals surface area contributed by atoms with Crippen molar-refractivity contribution in [1.82, 2.24) is 9.80 Å². The summed E-state index contributed by atoms with van der Waals surface area (Å²) in [5.41, 5.74) is 3.80. The third-order valence-electron chi connectivity index (χ3n) is 9.26. The largest absolute Gasteiger partial charge is 1.00 e. The third kappa shape index (κ3) is 11.5. The molecule has 244 valence electrons. The summed E-state index contributed by atoms with van der Waals surface area (Å²) in [4.78, 5) is 16.9. The molecule has 2 aliphatic rings. The SMILES string of the molecule is CC1(O)CCN(C(=O)CC(c2ccccc2)c2ccccc2)C1.CC1(O)CCN(CCC(c2ccccc2)c2ccccc2)C1.[AlH3].[H-].[Li+]. The molecule has 47 heavy (non-hydrogen) atoms. The summed E-state index contributed by atoms with van der Waals surface area (Å²) in [6.07, 6.45) is 3.06. The summed E-state index contributed by atoms with van der Waals surface area (Å²) in [6.45, 7) is 7.65. The Kier molecular flexibility index (Phi) is 15.0. The number of amides is 1. The number of carbonyl (C=O) groups is 1. The first-order valence-corrected chi connectivity index (χ1v) is 16.3. The molecule has 1 amide bonds. The molecule has 0 spiro atoms. The Hall–Kier alpha value is -2.64. The second-order valence-corrected chi connectivity index (χ2v) is 13.3. The topological polar surface area (TPSA) is 64.0 Å². The number of hydrogen-bond donors (Lipinski definition) is 2. The van der Waals surface area contributed by atoms with E-state index in [0.717, 1.165) is 43.6 Å². The molecule has 2 aliphatic heterocycles. The Morgan fingerprint density at radius 2 is 1.04 bits per heavy atom. The minimum absolute atomic E-state index is 0. The Morgan fingerprint density at radius 1 is 0.660 bits per heavy atom. The zero-order valence-electron chi connectivity index (χ0n) is 28.8. The summed E-state index contributed by atoms with van der Waals surface area (Å²) >= 11 is 0. The van der Waals surface area contributed by atoms with Crippen molar-refractivity contribution < 1.29 is 35.3 Å². The first-order valence-electron chi connectivity index (χ1n) is 16.3. The zero-order chi connectivity index (χ0) is 31.7. The molecular formula is C40H52AlLiN2O3. The Bertz CT molecular complexity index is 1400. The van der Waals surface area contributed by atoms with Gasteiger partial charge in [-0.3, -0.25) is 4.79 Å². The molecule has 4 aromatic carbocycles. The quantitative estimate of drug-likeness (QED) is 0.276. The van der Waals surface area contributed by atoms with Crippen molar-refractivity contribution >= 4 is 23.3 Å². The molecule has 7 heteroatoms. The number of benzene rings is 4. The number of aliphatic hydroxyl groups is 2. The van der Waals surface area contributed by atoms with Crippen LogP contribution >= 0.6 is 0 Å². The van der Waals surface area contributed by atoms with E-state index < -0.39 is 11.2 Å². The molecule has 2 heterocycles. The van der Waals surface area contributed by atoms with Crippen LogP contribution in [0.25, 0.3) is 0 Å². The number of β-amino-alcohol motifs (C(OH)–C–C–N with tert-alkyl or cyclic N) is 2. The van der Waals surface area contributed by atoms with Crippen molar-refractivity contribution in [1.29, 1.82) is 0 Å². The van der Waals surface area contributed by atoms with Crippen molar-refractivity contribution in [2.45, 2.75) is 62.6 Å².